The van der Waals surface area contributed by atoms with Gasteiger partial charge >= 0.3 is 0 Å². The van der Waals surface area contributed by atoms with Gasteiger partial charge < -0.3 is 15.0 Å². The zero-order valence-corrected chi connectivity index (χ0v) is 14.5. The summed E-state index contributed by atoms with van der Waals surface area (Å²) < 4.78 is 5.88. The second-order valence-corrected chi connectivity index (χ2v) is 6.10. The molecule has 128 valence electrons. The highest BCUT2D eigenvalue weighted by Gasteiger charge is 2.17. The Morgan fingerprint density at radius 3 is 2.38 bits per heavy atom. The number of amides is 1. The average molecular weight is 363 g/mol. The summed E-state index contributed by atoms with van der Waals surface area (Å²) in [6.45, 7) is 0. The first-order valence-electron chi connectivity index (χ1n) is 8.12. The van der Waals surface area contributed by atoms with Crippen molar-refractivity contribution >= 4 is 34.1 Å². The van der Waals surface area contributed by atoms with Gasteiger partial charge in [0.1, 0.15) is 11.4 Å². The number of hydrogen-bond acceptors (Lipinski definition) is 2. The number of ether oxygens (including phenoxy) is 1. The minimum absolute atomic E-state index is 0.322. The van der Waals surface area contributed by atoms with Crippen molar-refractivity contribution < 1.29 is 9.53 Å². The third-order valence-electron chi connectivity index (χ3n) is 3.98. The summed E-state index contributed by atoms with van der Waals surface area (Å²) in [5.74, 6) is 0.924. The number of para-hydroxylation sites is 4. The van der Waals surface area contributed by atoms with Crippen LogP contribution in [-0.4, -0.2) is 10.9 Å². The number of aromatic nitrogens is 1. The topological polar surface area (TPSA) is 54.1 Å². The van der Waals surface area contributed by atoms with Gasteiger partial charge in [-0.3, -0.25) is 4.79 Å². The number of anilines is 1. The molecule has 2 N–H and O–H groups in total. The van der Waals surface area contributed by atoms with Crippen molar-refractivity contribution in [2.75, 3.05) is 5.32 Å². The van der Waals surface area contributed by atoms with E-state index in [0.29, 0.717) is 27.9 Å². The number of benzene rings is 3. The number of rotatable bonds is 4. The second kappa shape index (κ2) is 6.94. The van der Waals surface area contributed by atoms with Gasteiger partial charge in [-0.15, -0.1) is 0 Å². The van der Waals surface area contributed by atoms with Crippen molar-refractivity contribution in [2.45, 2.75) is 0 Å². The minimum atomic E-state index is -0.324. The normalized spacial score (nSPS) is 10.7. The average Bonchev–Trinajstić information content (AvgIpc) is 3.01. The van der Waals surface area contributed by atoms with E-state index in [0.717, 1.165) is 10.9 Å². The molecule has 0 spiro atoms. The fraction of sp³-hybridized carbons (Fsp3) is 0. The van der Waals surface area contributed by atoms with E-state index in [2.05, 4.69) is 10.3 Å². The van der Waals surface area contributed by atoms with Crippen LogP contribution in [0.1, 0.15) is 10.5 Å². The maximum absolute atomic E-state index is 12.7. The van der Waals surface area contributed by atoms with Crippen LogP contribution in [0.4, 0.5) is 5.69 Å². The van der Waals surface area contributed by atoms with Crippen LogP contribution in [0.15, 0.2) is 78.9 Å². The molecule has 4 aromatic rings. The van der Waals surface area contributed by atoms with E-state index in [-0.39, 0.29) is 5.91 Å². The van der Waals surface area contributed by atoms with E-state index in [9.17, 15) is 4.79 Å². The van der Waals surface area contributed by atoms with Crippen molar-refractivity contribution in [2.24, 2.45) is 0 Å². The Morgan fingerprint density at radius 2 is 1.58 bits per heavy atom. The second-order valence-electron chi connectivity index (χ2n) is 5.72. The molecule has 1 heterocycles. The molecule has 0 radical (unpaired) electrons. The molecule has 0 saturated heterocycles. The number of H-pyrrole nitrogens is 1. The Bertz CT molecular complexity index is 1070. The minimum Gasteiger partial charge on any atom is -0.455 e. The monoisotopic (exact) mass is 362 g/mol. The number of carbonyl (C=O) groups is 1. The molecule has 1 amide bonds. The first kappa shape index (κ1) is 16.2. The fourth-order valence-corrected chi connectivity index (χ4v) is 3.02. The van der Waals surface area contributed by atoms with E-state index in [1.165, 1.54) is 0 Å². The Hall–Kier alpha value is -3.24. The lowest BCUT2D eigenvalue weighted by molar-refractivity contribution is 0.102. The standard InChI is InChI=1S/C21H15ClN2O2/c22-19-15-10-4-5-11-16(15)23-20(19)21(25)24-17-12-6-7-13-18(17)26-14-8-2-1-3-9-14/h1-13,23H,(H,24,25). The van der Waals surface area contributed by atoms with E-state index < -0.39 is 0 Å². The van der Waals surface area contributed by atoms with Gasteiger partial charge in [0.2, 0.25) is 0 Å². The van der Waals surface area contributed by atoms with Crippen LogP contribution < -0.4 is 10.1 Å². The molecule has 1 aromatic heterocycles. The molecule has 26 heavy (non-hydrogen) atoms. The quantitative estimate of drug-likeness (QED) is 0.477. The molecule has 5 heteroatoms. The molecule has 3 aromatic carbocycles. The number of aromatic amines is 1. The van der Waals surface area contributed by atoms with Gasteiger partial charge in [0, 0.05) is 10.9 Å². The maximum Gasteiger partial charge on any atom is 0.273 e. The zero-order chi connectivity index (χ0) is 17.9. The van der Waals surface area contributed by atoms with Crippen molar-refractivity contribution in [3.63, 3.8) is 0 Å². The number of halogens is 1. The van der Waals surface area contributed by atoms with Crippen LogP contribution in [0.3, 0.4) is 0 Å². The third kappa shape index (κ3) is 3.15. The summed E-state index contributed by atoms with van der Waals surface area (Å²) in [5, 5.41) is 4.08. The Morgan fingerprint density at radius 1 is 0.885 bits per heavy atom. The van der Waals surface area contributed by atoms with Crippen molar-refractivity contribution in [1.82, 2.24) is 4.98 Å². The molecule has 0 aliphatic rings. The smallest absolute Gasteiger partial charge is 0.273 e. The zero-order valence-electron chi connectivity index (χ0n) is 13.7. The Labute approximate surface area is 155 Å². The van der Waals surface area contributed by atoms with Crippen LogP contribution in [0.2, 0.25) is 5.02 Å². The molecular formula is C21H15ClN2O2. The highest BCUT2D eigenvalue weighted by molar-refractivity contribution is 6.39. The van der Waals surface area contributed by atoms with E-state index in [4.69, 9.17) is 16.3 Å². The van der Waals surface area contributed by atoms with Crippen LogP contribution >= 0.6 is 11.6 Å². The number of carbonyl (C=O) groups excluding carboxylic acids is 1. The summed E-state index contributed by atoms with van der Waals surface area (Å²) in [4.78, 5) is 15.8. The molecule has 0 fully saturated rings. The Kier molecular flexibility index (Phi) is 4.33. The molecule has 0 aliphatic carbocycles. The van der Waals surface area contributed by atoms with E-state index in [1.54, 1.807) is 12.1 Å². The van der Waals surface area contributed by atoms with Crippen molar-refractivity contribution in [1.29, 1.82) is 0 Å². The summed E-state index contributed by atoms with van der Waals surface area (Å²) >= 11 is 6.36. The van der Waals surface area contributed by atoms with Crippen LogP contribution in [0.5, 0.6) is 11.5 Å². The van der Waals surface area contributed by atoms with Gasteiger partial charge in [-0.2, -0.15) is 0 Å². The molecule has 0 aliphatic heterocycles. The molecule has 0 saturated carbocycles. The summed E-state index contributed by atoms with van der Waals surface area (Å²) in [5.41, 5.74) is 1.70. The molecule has 0 atom stereocenters. The van der Waals surface area contributed by atoms with Crippen LogP contribution in [0, 0.1) is 0 Å². The fourth-order valence-electron chi connectivity index (χ4n) is 2.72. The van der Waals surface area contributed by atoms with E-state index in [1.807, 2.05) is 66.7 Å². The highest BCUT2D eigenvalue weighted by atomic mass is 35.5. The number of hydrogen-bond donors (Lipinski definition) is 2. The van der Waals surface area contributed by atoms with Crippen molar-refractivity contribution in [3.05, 3.63) is 89.6 Å². The maximum atomic E-state index is 12.7. The molecule has 4 rings (SSSR count). The summed E-state index contributed by atoms with van der Waals surface area (Å²) in [7, 11) is 0. The molecular weight excluding hydrogens is 348 g/mol. The molecule has 4 nitrogen and oxygen atoms in total. The Balaban J connectivity index is 1.62. The number of nitrogens with one attached hydrogen (secondary N) is 2. The molecule has 0 unspecified atom stereocenters. The van der Waals surface area contributed by atoms with E-state index >= 15 is 0 Å². The lowest BCUT2D eigenvalue weighted by Crippen LogP contribution is -2.13. The number of fused-ring (bicyclic) bond motifs is 1. The van der Waals surface area contributed by atoms with Gasteiger partial charge in [0.25, 0.3) is 5.91 Å². The first-order valence-corrected chi connectivity index (χ1v) is 8.49. The lowest BCUT2D eigenvalue weighted by atomic mass is 10.2. The van der Waals surface area contributed by atoms with Gasteiger partial charge in [-0.05, 0) is 30.3 Å². The highest BCUT2D eigenvalue weighted by Crippen LogP contribution is 2.31. The van der Waals surface area contributed by atoms with Crippen molar-refractivity contribution in [3.8, 4) is 11.5 Å². The van der Waals surface area contributed by atoms with Gasteiger partial charge in [-0.25, -0.2) is 0 Å². The third-order valence-corrected chi connectivity index (χ3v) is 4.37. The predicted molar refractivity (Wildman–Crippen MR) is 104 cm³/mol. The SMILES string of the molecule is O=C(Nc1ccccc1Oc1ccccc1)c1[nH]c2ccccc2c1Cl. The first-order chi connectivity index (χ1) is 12.7. The van der Waals surface area contributed by atoms with Gasteiger partial charge in [-0.1, -0.05) is 60.1 Å². The van der Waals surface area contributed by atoms with Crippen LogP contribution in [-0.2, 0) is 0 Å². The lowest BCUT2D eigenvalue weighted by Gasteiger charge is -2.12. The molecule has 0 bridgehead atoms. The predicted octanol–water partition coefficient (Wildman–Crippen LogP) is 5.87. The summed E-state index contributed by atoms with van der Waals surface area (Å²) in [6, 6.07) is 24.2. The van der Waals surface area contributed by atoms with Gasteiger partial charge in [0.15, 0.2) is 5.75 Å². The largest absolute Gasteiger partial charge is 0.455 e. The van der Waals surface area contributed by atoms with Crippen LogP contribution in [0.25, 0.3) is 10.9 Å². The van der Waals surface area contributed by atoms with Gasteiger partial charge in [0.05, 0.1) is 10.7 Å². The summed E-state index contributed by atoms with van der Waals surface area (Å²) in [6.07, 6.45) is 0.